The van der Waals surface area contributed by atoms with E-state index in [1.54, 1.807) is 13.8 Å². The van der Waals surface area contributed by atoms with Crippen molar-refractivity contribution in [2.45, 2.75) is 20.8 Å². The summed E-state index contributed by atoms with van der Waals surface area (Å²) in [6.45, 7) is 8.81. The van der Waals surface area contributed by atoms with Gasteiger partial charge in [0, 0.05) is 5.57 Å². The highest BCUT2D eigenvalue weighted by atomic mass is 16.2. The van der Waals surface area contributed by atoms with Gasteiger partial charge in [-0.25, -0.2) is 0 Å². The monoisotopic (exact) mass is 165 g/mol. The van der Waals surface area contributed by atoms with Gasteiger partial charge in [0.2, 0.25) is 0 Å². The Morgan fingerprint density at radius 1 is 1.50 bits per heavy atom. The summed E-state index contributed by atoms with van der Waals surface area (Å²) in [4.78, 5) is 11.3. The molecule has 0 saturated heterocycles. The van der Waals surface area contributed by atoms with Crippen molar-refractivity contribution in [2.24, 2.45) is 0 Å². The number of rotatable bonds is 1. The highest BCUT2D eigenvalue weighted by Gasteiger charge is 2.11. The molecule has 0 aliphatic heterocycles. The van der Waals surface area contributed by atoms with Crippen molar-refractivity contribution in [3.63, 3.8) is 0 Å². The van der Waals surface area contributed by atoms with Crippen LogP contribution in [0.4, 0.5) is 0 Å². The molecule has 12 heavy (non-hydrogen) atoms. The van der Waals surface area contributed by atoms with Gasteiger partial charge >= 0.3 is 0 Å². The zero-order valence-corrected chi connectivity index (χ0v) is 7.46. The van der Waals surface area contributed by atoms with Crippen LogP contribution < -0.4 is 0 Å². The zero-order chi connectivity index (χ0) is 9.30. The third kappa shape index (κ3) is 1.28. The van der Waals surface area contributed by atoms with Crippen LogP contribution in [-0.4, -0.2) is 20.9 Å². The maximum Gasteiger partial charge on any atom is 0.274 e. The fourth-order valence-electron chi connectivity index (χ4n) is 0.778. The highest BCUT2D eigenvalue weighted by Crippen LogP contribution is 2.03. The molecule has 0 saturated carbocycles. The second kappa shape index (κ2) is 2.89. The SMILES string of the molecule is C=C(C)C(=O)n1nnc(C)c1C. The van der Waals surface area contributed by atoms with Gasteiger partial charge in [0.1, 0.15) is 0 Å². The fourth-order valence-corrected chi connectivity index (χ4v) is 0.778. The molecule has 0 fully saturated rings. The van der Waals surface area contributed by atoms with Gasteiger partial charge in [-0.15, -0.1) is 5.10 Å². The number of aromatic nitrogens is 3. The first-order chi connectivity index (χ1) is 5.54. The van der Waals surface area contributed by atoms with Crippen LogP contribution in [0.3, 0.4) is 0 Å². The lowest BCUT2D eigenvalue weighted by Gasteiger charge is -1.99. The van der Waals surface area contributed by atoms with Crippen LogP contribution in [0.15, 0.2) is 12.2 Å². The molecule has 0 aliphatic rings. The van der Waals surface area contributed by atoms with E-state index in [0.717, 1.165) is 11.4 Å². The van der Waals surface area contributed by atoms with Crippen LogP contribution in [0.25, 0.3) is 0 Å². The predicted octanol–water partition coefficient (Wildman–Crippen LogP) is 1.11. The van der Waals surface area contributed by atoms with Gasteiger partial charge in [-0.05, 0) is 20.8 Å². The first-order valence-corrected chi connectivity index (χ1v) is 3.63. The molecule has 4 heteroatoms. The average Bonchev–Trinajstić information content (AvgIpc) is 2.32. The van der Waals surface area contributed by atoms with Crippen LogP contribution in [0.1, 0.15) is 23.1 Å². The lowest BCUT2D eigenvalue weighted by atomic mass is 10.3. The van der Waals surface area contributed by atoms with Crippen molar-refractivity contribution in [3.8, 4) is 0 Å². The van der Waals surface area contributed by atoms with Gasteiger partial charge in [0.15, 0.2) is 0 Å². The van der Waals surface area contributed by atoms with Crippen LogP contribution in [0.5, 0.6) is 0 Å². The molecule has 1 heterocycles. The van der Waals surface area contributed by atoms with Crippen molar-refractivity contribution < 1.29 is 4.79 Å². The van der Waals surface area contributed by atoms with E-state index in [4.69, 9.17) is 0 Å². The number of hydrogen-bond donors (Lipinski definition) is 0. The quantitative estimate of drug-likeness (QED) is 0.586. The maximum absolute atomic E-state index is 11.3. The van der Waals surface area contributed by atoms with Crippen molar-refractivity contribution in [2.75, 3.05) is 0 Å². The molecule has 0 atom stereocenters. The lowest BCUT2D eigenvalue weighted by Crippen LogP contribution is -2.14. The molecule has 1 aromatic rings. The van der Waals surface area contributed by atoms with E-state index < -0.39 is 0 Å². The van der Waals surface area contributed by atoms with Crippen LogP contribution in [0.2, 0.25) is 0 Å². The molecular weight excluding hydrogens is 154 g/mol. The van der Waals surface area contributed by atoms with E-state index in [0.29, 0.717) is 5.57 Å². The summed E-state index contributed by atoms with van der Waals surface area (Å²) in [5, 5.41) is 7.46. The smallest absolute Gasteiger partial charge is 0.267 e. The number of aryl methyl sites for hydroxylation is 1. The van der Waals surface area contributed by atoms with Gasteiger partial charge in [0.05, 0.1) is 11.4 Å². The van der Waals surface area contributed by atoms with Crippen molar-refractivity contribution >= 4 is 5.91 Å². The molecule has 1 rings (SSSR count). The van der Waals surface area contributed by atoms with E-state index >= 15 is 0 Å². The molecule has 4 nitrogen and oxygen atoms in total. The lowest BCUT2D eigenvalue weighted by molar-refractivity contribution is 0.0936. The van der Waals surface area contributed by atoms with Crippen molar-refractivity contribution in [1.29, 1.82) is 0 Å². The normalized spacial score (nSPS) is 9.92. The summed E-state index contributed by atoms with van der Waals surface area (Å²) in [7, 11) is 0. The van der Waals surface area contributed by atoms with Crippen molar-refractivity contribution in [3.05, 3.63) is 23.5 Å². The van der Waals surface area contributed by atoms with E-state index in [1.807, 2.05) is 6.92 Å². The van der Waals surface area contributed by atoms with Crippen molar-refractivity contribution in [1.82, 2.24) is 15.0 Å². The summed E-state index contributed by atoms with van der Waals surface area (Å²) in [5.41, 5.74) is 2.00. The van der Waals surface area contributed by atoms with Crippen LogP contribution in [-0.2, 0) is 0 Å². The van der Waals surface area contributed by atoms with Crippen LogP contribution >= 0.6 is 0 Å². The molecule has 1 aromatic heterocycles. The summed E-state index contributed by atoms with van der Waals surface area (Å²) < 4.78 is 1.26. The third-order valence-corrected chi connectivity index (χ3v) is 1.68. The number of nitrogens with zero attached hydrogens (tertiary/aromatic N) is 3. The summed E-state index contributed by atoms with van der Waals surface area (Å²) in [6, 6.07) is 0. The van der Waals surface area contributed by atoms with Crippen LogP contribution in [0, 0.1) is 13.8 Å². The number of allylic oxidation sites excluding steroid dienone is 1. The Bertz CT molecular complexity index is 338. The van der Waals surface area contributed by atoms with Gasteiger partial charge in [0.25, 0.3) is 5.91 Å². The Balaban J connectivity index is 3.12. The largest absolute Gasteiger partial charge is 0.274 e. The zero-order valence-electron chi connectivity index (χ0n) is 7.46. The van der Waals surface area contributed by atoms with E-state index in [1.165, 1.54) is 4.68 Å². The molecule has 0 spiro atoms. The Labute approximate surface area is 70.9 Å². The Morgan fingerprint density at radius 2 is 2.08 bits per heavy atom. The summed E-state index contributed by atoms with van der Waals surface area (Å²) in [5.74, 6) is -0.201. The Morgan fingerprint density at radius 3 is 2.42 bits per heavy atom. The fraction of sp³-hybridized carbons (Fsp3) is 0.375. The van der Waals surface area contributed by atoms with E-state index in [-0.39, 0.29) is 5.91 Å². The second-order valence-electron chi connectivity index (χ2n) is 2.76. The number of hydrogen-bond acceptors (Lipinski definition) is 3. The minimum absolute atomic E-state index is 0.201. The average molecular weight is 165 g/mol. The molecule has 0 unspecified atom stereocenters. The summed E-state index contributed by atoms with van der Waals surface area (Å²) in [6.07, 6.45) is 0. The standard InChI is InChI=1S/C8H11N3O/c1-5(2)8(12)11-7(4)6(3)9-10-11/h1H2,2-4H3. The predicted molar refractivity (Wildman–Crippen MR) is 44.9 cm³/mol. The molecule has 0 bridgehead atoms. The van der Waals surface area contributed by atoms with Gasteiger partial charge in [-0.2, -0.15) is 4.68 Å². The first kappa shape index (κ1) is 8.64. The molecule has 0 radical (unpaired) electrons. The topological polar surface area (TPSA) is 47.8 Å². The first-order valence-electron chi connectivity index (χ1n) is 3.63. The van der Waals surface area contributed by atoms with Gasteiger partial charge in [-0.1, -0.05) is 11.8 Å². The molecule has 0 amide bonds. The molecule has 0 aromatic carbocycles. The van der Waals surface area contributed by atoms with Gasteiger partial charge in [-0.3, -0.25) is 4.79 Å². The molecule has 0 N–H and O–H groups in total. The van der Waals surface area contributed by atoms with E-state index in [9.17, 15) is 4.79 Å². The highest BCUT2D eigenvalue weighted by molar-refractivity contribution is 5.93. The maximum atomic E-state index is 11.3. The minimum Gasteiger partial charge on any atom is -0.267 e. The Kier molecular flexibility index (Phi) is 2.08. The van der Waals surface area contributed by atoms with Gasteiger partial charge < -0.3 is 0 Å². The third-order valence-electron chi connectivity index (χ3n) is 1.68. The number of carbonyl (C=O) groups excluding carboxylic acids is 1. The number of carbonyl (C=O) groups is 1. The second-order valence-corrected chi connectivity index (χ2v) is 2.76. The Hall–Kier alpha value is -1.45. The molecular formula is C8H11N3O. The minimum atomic E-state index is -0.201. The summed E-state index contributed by atoms with van der Waals surface area (Å²) >= 11 is 0. The van der Waals surface area contributed by atoms with E-state index in [2.05, 4.69) is 16.9 Å². The molecule has 0 aliphatic carbocycles. The molecule has 64 valence electrons.